The zero-order valence-corrected chi connectivity index (χ0v) is 12.3. The first kappa shape index (κ1) is 15.1. The number of anilines is 1. The third kappa shape index (κ3) is 3.84. The normalized spacial score (nSPS) is 9.38. The summed E-state index contributed by atoms with van der Waals surface area (Å²) in [6, 6.07) is 9.99. The van der Waals surface area contributed by atoms with Gasteiger partial charge in [0.15, 0.2) is 0 Å². The fourth-order valence-electron chi connectivity index (χ4n) is 1.56. The molecular weight excluding hydrogens is 308 g/mol. The van der Waals surface area contributed by atoms with Gasteiger partial charge in [-0.2, -0.15) is 5.26 Å². The van der Waals surface area contributed by atoms with Crippen LogP contribution in [0.4, 0.5) is 5.69 Å². The summed E-state index contributed by atoms with van der Waals surface area (Å²) in [5, 5.41) is 20.7. The summed E-state index contributed by atoms with van der Waals surface area (Å²) in [7, 11) is 0. The summed E-state index contributed by atoms with van der Waals surface area (Å²) >= 11 is 7.07. The van der Waals surface area contributed by atoms with Crippen LogP contribution in [-0.2, 0) is 0 Å². The molecule has 0 spiro atoms. The van der Waals surface area contributed by atoms with E-state index in [4.69, 9.17) is 22.0 Å². The number of carbonyl (C=O) groups excluding carboxylic acids is 1. The average Bonchev–Trinajstić information content (AvgIpc) is 2.94. The Bertz CT molecular complexity index is 781. The van der Waals surface area contributed by atoms with Crippen LogP contribution in [0.25, 0.3) is 0 Å². The van der Waals surface area contributed by atoms with E-state index >= 15 is 0 Å². The number of hydrogen-bond acceptors (Lipinski definition) is 4. The van der Waals surface area contributed by atoms with Crippen LogP contribution in [0.5, 0.6) is 0 Å². The van der Waals surface area contributed by atoms with Crippen LogP contribution in [0.3, 0.4) is 0 Å². The van der Waals surface area contributed by atoms with E-state index < -0.39 is 0 Å². The van der Waals surface area contributed by atoms with Crippen LogP contribution in [0.2, 0.25) is 5.02 Å². The highest BCUT2D eigenvalue weighted by Gasteiger charge is 2.11. The first-order valence-electron chi connectivity index (χ1n) is 5.84. The Kier molecular flexibility index (Phi) is 4.97. The molecule has 4 nitrogen and oxygen atoms in total. The predicted octanol–water partition coefficient (Wildman–Crippen LogP) is 2.87. The minimum absolute atomic E-state index is 0.229. The van der Waals surface area contributed by atoms with Gasteiger partial charge in [0.2, 0.25) is 0 Å². The molecular formula is C15H9ClN2O2S. The molecule has 0 fully saturated rings. The average molecular weight is 317 g/mol. The molecule has 21 heavy (non-hydrogen) atoms. The minimum Gasteiger partial charge on any atom is -0.384 e. The van der Waals surface area contributed by atoms with Gasteiger partial charge < -0.3 is 10.4 Å². The molecule has 2 aromatic rings. The Balaban J connectivity index is 2.20. The summed E-state index contributed by atoms with van der Waals surface area (Å²) in [4.78, 5) is 13.3. The molecule has 2 rings (SSSR count). The third-order valence-corrected chi connectivity index (χ3v) is 3.71. The fourth-order valence-corrected chi connectivity index (χ4v) is 2.50. The predicted molar refractivity (Wildman–Crippen MR) is 82.4 cm³/mol. The van der Waals surface area contributed by atoms with E-state index in [1.807, 2.05) is 6.07 Å². The SMILES string of the molecule is N#Cc1ccc(Cl)cc1NC(=O)c1ccc(C#CCO)s1. The maximum atomic E-state index is 12.1. The number of aliphatic hydroxyl groups excluding tert-OH is 1. The van der Waals surface area contributed by atoms with E-state index in [0.29, 0.717) is 26.0 Å². The molecule has 0 radical (unpaired) electrons. The second-order valence-electron chi connectivity index (χ2n) is 3.88. The van der Waals surface area contributed by atoms with Crippen molar-refractivity contribution in [1.29, 1.82) is 5.26 Å². The maximum Gasteiger partial charge on any atom is 0.265 e. The molecule has 0 saturated carbocycles. The molecule has 6 heteroatoms. The number of nitriles is 1. The minimum atomic E-state index is -0.337. The number of nitrogens with one attached hydrogen (secondary N) is 1. The van der Waals surface area contributed by atoms with Gasteiger partial charge in [0, 0.05) is 5.02 Å². The molecule has 1 aromatic heterocycles. The van der Waals surface area contributed by atoms with Gasteiger partial charge in [0.1, 0.15) is 12.7 Å². The number of thiophene rings is 1. The topological polar surface area (TPSA) is 73.1 Å². The molecule has 1 heterocycles. The lowest BCUT2D eigenvalue weighted by Crippen LogP contribution is -2.11. The van der Waals surface area contributed by atoms with Crippen molar-refractivity contribution < 1.29 is 9.90 Å². The monoisotopic (exact) mass is 316 g/mol. The number of halogens is 1. The summed E-state index contributed by atoms with van der Waals surface area (Å²) < 4.78 is 0. The Hall–Kier alpha value is -2.31. The molecule has 0 saturated heterocycles. The van der Waals surface area contributed by atoms with Crippen LogP contribution in [0.1, 0.15) is 20.1 Å². The van der Waals surface area contributed by atoms with Crippen LogP contribution in [0, 0.1) is 23.2 Å². The maximum absolute atomic E-state index is 12.1. The summed E-state index contributed by atoms with van der Waals surface area (Å²) in [5.74, 6) is 4.91. The lowest BCUT2D eigenvalue weighted by molar-refractivity contribution is 0.103. The van der Waals surface area contributed by atoms with Crippen LogP contribution < -0.4 is 5.32 Å². The quantitative estimate of drug-likeness (QED) is 0.837. The number of hydrogen-bond donors (Lipinski definition) is 2. The van der Waals surface area contributed by atoms with E-state index in [0.717, 1.165) is 0 Å². The Morgan fingerprint density at radius 1 is 1.38 bits per heavy atom. The van der Waals surface area contributed by atoms with Gasteiger partial charge in [-0.15, -0.1) is 11.3 Å². The van der Waals surface area contributed by atoms with E-state index in [2.05, 4.69) is 17.2 Å². The number of nitrogens with zero attached hydrogens (tertiary/aromatic N) is 1. The Morgan fingerprint density at radius 2 is 2.19 bits per heavy atom. The fraction of sp³-hybridized carbons (Fsp3) is 0.0667. The van der Waals surface area contributed by atoms with E-state index in [9.17, 15) is 4.79 Å². The van der Waals surface area contributed by atoms with Crippen LogP contribution >= 0.6 is 22.9 Å². The summed E-state index contributed by atoms with van der Waals surface area (Å²) in [6.45, 7) is -0.229. The molecule has 0 atom stereocenters. The number of amides is 1. The van der Waals surface area contributed by atoms with Crippen molar-refractivity contribution in [3.63, 3.8) is 0 Å². The van der Waals surface area contributed by atoms with Crippen molar-refractivity contribution in [2.24, 2.45) is 0 Å². The van der Waals surface area contributed by atoms with Gasteiger partial charge in [-0.1, -0.05) is 23.4 Å². The highest BCUT2D eigenvalue weighted by Crippen LogP contribution is 2.22. The van der Waals surface area contributed by atoms with Gasteiger partial charge in [-0.25, -0.2) is 0 Å². The zero-order chi connectivity index (χ0) is 15.2. The van der Waals surface area contributed by atoms with E-state index in [1.54, 1.807) is 24.3 Å². The highest BCUT2D eigenvalue weighted by molar-refractivity contribution is 7.14. The standard InChI is InChI=1S/C15H9ClN2O2S/c16-11-4-3-10(9-17)13(8-11)18-15(20)14-6-5-12(21-14)2-1-7-19/h3-6,8,19H,7H2,(H,18,20). The largest absolute Gasteiger partial charge is 0.384 e. The molecule has 1 amide bonds. The molecule has 2 N–H and O–H groups in total. The van der Waals surface area contributed by atoms with Crippen molar-refractivity contribution in [3.05, 3.63) is 50.7 Å². The molecule has 0 aliphatic heterocycles. The van der Waals surface area contributed by atoms with Crippen LogP contribution in [-0.4, -0.2) is 17.6 Å². The van der Waals surface area contributed by atoms with Crippen molar-refractivity contribution in [2.45, 2.75) is 0 Å². The second kappa shape index (κ2) is 6.92. The molecule has 104 valence electrons. The smallest absolute Gasteiger partial charge is 0.265 e. The first-order chi connectivity index (χ1) is 10.1. The lowest BCUT2D eigenvalue weighted by atomic mass is 10.2. The molecule has 0 aliphatic rings. The van der Waals surface area contributed by atoms with Crippen molar-refractivity contribution in [2.75, 3.05) is 11.9 Å². The summed E-state index contributed by atoms with van der Waals surface area (Å²) in [6.07, 6.45) is 0. The molecule has 0 unspecified atom stereocenters. The molecule has 1 aromatic carbocycles. The number of aliphatic hydroxyl groups is 1. The van der Waals surface area contributed by atoms with Crippen molar-refractivity contribution >= 4 is 34.5 Å². The highest BCUT2D eigenvalue weighted by atomic mass is 35.5. The van der Waals surface area contributed by atoms with Crippen molar-refractivity contribution in [3.8, 4) is 17.9 Å². The first-order valence-corrected chi connectivity index (χ1v) is 7.04. The molecule has 0 aliphatic carbocycles. The van der Waals surface area contributed by atoms with Gasteiger partial charge in [-0.3, -0.25) is 4.79 Å². The van der Waals surface area contributed by atoms with Crippen LogP contribution in [0.15, 0.2) is 30.3 Å². The van der Waals surface area contributed by atoms with E-state index in [-0.39, 0.29) is 12.5 Å². The number of rotatable bonds is 2. The third-order valence-electron chi connectivity index (χ3n) is 2.47. The Labute approximate surface area is 130 Å². The van der Waals surface area contributed by atoms with Gasteiger partial charge in [-0.05, 0) is 30.3 Å². The van der Waals surface area contributed by atoms with E-state index in [1.165, 1.54) is 17.4 Å². The number of benzene rings is 1. The van der Waals surface area contributed by atoms with Gasteiger partial charge in [0.25, 0.3) is 5.91 Å². The van der Waals surface area contributed by atoms with Gasteiger partial charge in [0.05, 0.1) is 21.0 Å². The lowest BCUT2D eigenvalue weighted by Gasteiger charge is -2.06. The molecule has 0 bridgehead atoms. The Morgan fingerprint density at radius 3 is 2.90 bits per heavy atom. The zero-order valence-electron chi connectivity index (χ0n) is 10.7. The second-order valence-corrected chi connectivity index (χ2v) is 5.40. The number of carbonyl (C=O) groups is 1. The van der Waals surface area contributed by atoms with Crippen molar-refractivity contribution in [1.82, 2.24) is 0 Å². The summed E-state index contributed by atoms with van der Waals surface area (Å²) in [5.41, 5.74) is 0.705. The van der Waals surface area contributed by atoms with Gasteiger partial charge >= 0.3 is 0 Å².